The highest BCUT2D eigenvalue weighted by Gasteiger charge is 2.22. The summed E-state index contributed by atoms with van der Waals surface area (Å²) in [4.78, 5) is 11.9. The second kappa shape index (κ2) is 6.51. The summed E-state index contributed by atoms with van der Waals surface area (Å²) in [6.07, 6.45) is 1.71. The predicted octanol–water partition coefficient (Wildman–Crippen LogP) is 1.99. The lowest BCUT2D eigenvalue weighted by molar-refractivity contribution is -0.117. The molecule has 1 aliphatic heterocycles. The number of carbonyl (C=O) groups is 1. The van der Waals surface area contributed by atoms with Crippen LogP contribution < -0.4 is 20.1 Å². The van der Waals surface area contributed by atoms with Crippen LogP contribution in [0.25, 0.3) is 0 Å². The minimum atomic E-state index is -2.95. The summed E-state index contributed by atoms with van der Waals surface area (Å²) >= 11 is 0. The first-order valence-electron chi connectivity index (χ1n) is 6.27. The number of halogens is 2. The lowest BCUT2D eigenvalue weighted by Crippen LogP contribution is -2.35. The Balaban J connectivity index is 2.09. The molecule has 1 aromatic carbocycles. The molecule has 0 unspecified atom stereocenters. The fraction of sp³-hybridized carbons (Fsp3) is 0.462. The summed E-state index contributed by atoms with van der Waals surface area (Å²) < 4.78 is 33.9. The van der Waals surface area contributed by atoms with Crippen LogP contribution in [0.4, 0.5) is 14.5 Å². The summed E-state index contributed by atoms with van der Waals surface area (Å²) in [6.45, 7) is -2.15. The number of carbonyl (C=O) groups excluding carboxylic acids is 1. The van der Waals surface area contributed by atoms with Crippen molar-refractivity contribution < 1.29 is 23.0 Å². The molecular formula is C13H16F2N2O3. The number of ether oxygens (including phenoxy) is 2. The van der Waals surface area contributed by atoms with Gasteiger partial charge in [0.2, 0.25) is 5.91 Å². The third-order valence-corrected chi connectivity index (χ3v) is 3.02. The Bertz CT molecular complexity index is 477. The molecule has 0 bridgehead atoms. The summed E-state index contributed by atoms with van der Waals surface area (Å²) in [5.74, 6) is -0.113. The van der Waals surface area contributed by atoms with Crippen molar-refractivity contribution >= 4 is 11.6 Å². The SMILES string of the molecule is COc1ccc(NC(=O)[C@H]2CCCN2)cc1OC(F)F. The van der Waals surface area contributed by atoms with Gasteiger partial charge < -0.3 is 20.1 Å². The maximum Gasteiger partial charge on any atom is 0.387 e. The smallest absolute Gasteiger partial charge is 0.387 e. The van der Waals surface area contributed by atoms with E-state index < -0.39 is 6.61 Å². The van der Waals surface area contributed by atoms with Crippen LogP contribution in [0.5, 0.6) is 11.5 Å². The van der Waals surface area contributed by atoms with Crippen LogP contribution in [0, 0.1) is 0 Å². The fourth-order valence-corrected chi connectivity index (χ4v) is 2.08. The molecule has 0 saturated carbocycles. The van der Waals surface area contributed by atoms with Crippen molar-refractivity contribution in [3.05, 3.63) is 18.2 Å². The summed E-state index contributed by atoms with van der Waals surface area (Å²) in [5, 5.41) is 5.72. The summed E-state index contributed by atoms with van der Waals surface area (Å²) in [5.41, 5.74) is 0.389. The number of rotatable bonds is 5. The number of hydrogen-bond donors (Lipinski definition) is 2. The van der Waals surface area contributed by atoms with E-state index in [0.717, 1.165) is 19.4 Å². The van der Waals surface area contributed by atoms with Gasteiger partial charge in [-0.25, -0.2) is 0 Å². The van der Waals surface area contributed by atoms with Crippen LogP contribution >= 0.6 is 0 Å². The first-order valence-corrected chi connectivity index (χ1v) is 6.27. The van der Waals surface area contributed by atoms with Crippen molar-refractivity contribution in [3.63, 3.8) is 0 Å². The summed E-state index contributed by atoms with van der Waals surface area (Å²) in [6, 6.07) is 4.12. The molecule has 1 aromatic rings. The van der Waals surface area contributed by atoms with Gasteiger partial charge in [0.1, 0.15) is 0 Å². The van der Waals surface area contributed by atoms with Gasteiger partial charge >= 0.3 is 6.61 Å². The third-order valence-electron chi connectivity index (χ3n) is 3.02. The summed E-state index contributed by atoms with van der Waals surface area (Å²) in [7, 11) is 1.36. The van der Waals surface area contributed by atoms with E-state index >= 15 is 0 Å². The van der Waals surface area contributed by atoms with Gasteiger partial charge in [0.25, 0.3) is 0 Å². The van der Waals surface area contributed by atoms with E-state index in [1.807, 2.05) is 0 Å². The quantitative estimate of drug-likeness (QED) is 0.869. The Morgan fingerprint density at radius 2 is 2.25 bits per heavy atom. The predicted molar refractivity (Wildman–Crippen MR) is 69.3 cm³/mol. The van der Waals surface area contributed by atoms with Crippen molar-refractivity contribution in [2.24, 2.45) is 0 Å². The molecule has 2 rings (SSSR count). The Labute approximate surface area is 115 Å². The molecule has 2 N–H and O–H groups in total. The van der Waals surface area contributed by atoms with Gasteiger partial charge in [0.15, 0.2) is 11.5 Å². The monoisotopic (exact) mass is 286 g/mol. The van der Waals surface area contributed by atoms with Crippen molar-refractivity contribution in [2.45, 2.75) is 25.5 Å². The Morgan fingerprint density at radius 3 is 2.85 bits per heavy atom. The molecule has 20 heavy (non-hydrogen) atoms. The highest BCUT2D eigenvalue weighted by molar-refractivity contribution is 5.95. The highest BCUT2D eigenvalue weighted by atomic mass is 19.3. The van der Waals surface area contributed by atoms with Gasteiger partial charge in [-0.1, -0.05) is 0 Å². The molecule has 1 fully saturated rings. The molecule has 0 aliphatic carbocycles. The highest BCUT2D eigenvalue weighted by Crippen LogP contribution is 2.31. The minimum absolute atomic E-state index is 0.111. The first kappa shape index (κ1) is 14.5. The molecule has 110 valence electrons. The van der Waals surface area contributed by atoms with Gasteiger partial charge in [-0.05, 0) is 31.5 Å². The van der Waals surface area contributed by atoms with Crippen molar-refractivity contribution in [2.75, 3.05) is 19.0 Å². The van der Waals surface area contributed by atoms with E-state index in [1.165, 1.54) is 19.2 Å². The van der Waals surface area contributed by atoms with E-state index in [1.54, 1.807) is 6.07 Å². The molecule has 0 aromatic heterocycles. The van der Waals surface area contributed by atoms with Crippen molar-refractivity contribution in [3.8, 4) is 11.5 Å². The molecule has 0 spiro atoms. The maximum absolute atomic E-state index is 12.3. The van der Waals surface area contributed by atoms with Gasteiger partial charge in [-0.3, -0.25) is 4.79 Å². The van der Waals surface area contributed by atoms with E-state index in [9.17, 15) is 13.6 Å². The molecule has 5 nitrogen and oxygen atoms in total. The molecular weight excluding hydrogens is 270 g/mol. The van der Waals surface area contributed by atoms with Crippen LogP contribution in [0.3, 0.4) is 0 Å². The number of methoxy groups -OCH3 is 1. The molecule has 1 amide bonds. The van der Waals surface area contributed by atoms with E-state index in [2.05, 4.69) is 15.4 Å². The van der Waals surface area contributed by atoms with Gasteiger partial charge in [-0.15, -0.1) is 0 Å². The number of amides is 1. The maximum atomic E-state index is 12.3. The van der Waals surface area contributed by atoms with Gasteiger partial charge in [-0.2, -0.15) is 8.78 Å². The standard InChI is InChI=1S/C13H16F2N2O3/c1-19-10-5-4-8(7-11(10)20-13(14)15)17-12(18)9-3-2-6-16-9/h4-5,7,9,13,16H,2-3,6H2,1H3,(H,17,18)/t9-/m1/s1. The van der Waals surface area contributed by atoms with Crippen LogP contribution in [-0.2, 0) is 4.79 Å². The van der Waals surface area contributed by atoms with Crippen LogP contribution in [0.15, 0.2) is 18.2 Å². The third kappa shape index (κ3) is 3.57. The number of alkyl halides is 2. The van der Waals surface area contributed by atoms with Gasteiger partial charge in [0.05, 0.1) is 13.2 Å². The number of nitrogens with one attached hydrogen (secondary N) is 2. The topological polar surface area (TPSA) is 59.6 Å². The van der Waals surface area contributed by atoms with E-state index in [4.69, 9.17) is 4.74 Å². The molecule has 1 atom stereocenters. The van der Waals surface area contributed by atoms with Crippen LogP contribution in [0.2, 0.25) is 0 Å². The second-order valence-electron chi connectivity index (χ2n) is 4.38. The largest absolute Gasteiger partial charge is 0.493 e. The normalized spacial score (nSPS) is 18.1. The Morgan fingerprint density at radius 1 is 1.45 bits per heavy atom. The zero-order valence-corrected chi connectivity index (χ0v) is 11.0. The lowest BCUT2D eigenvalue weighted by atomic mass is 10.2. The molecule has 1 aliphatic rings. The van der Waals surface area contributed by atoms with Gasteiger partial charge in [0, 0.05) is 11.8 Å². The zero-order valence-electron chi connectivity index (χ0n) is 11.0. The van der Waals surface area contributed by atoms with Crippen LogP contribution in [-0.4, -0.2) is 32.2 Å². The molecule has 0 radical (unpaired) electrons. The number of anilines is 1. The average Bonchev–Trinajstić information content (AvgIpc) is 2.92. The Kier molecular flexibility index (Phi) is 4.73. The zero-order chi connectivity index (χ0) is 14.5. The fourth-order valence-electron chi connectivity index (χ4n) is 2.08. The second-order valence-corrected chi connectivity index (χ2v) is 4.38. The number of hydrogen-bond acceptors (Lipinski definition) is 4. The Hall–Kier alpha value is -1.89. The minimum Gasteiger partial charge on any atom is -0.493 e. The van der Waals surface area contributed by atoms with E-state index in [-0.39, 0.29) is 23.4 Å². The molecule has 7 heteroatoms. The van der Waals surface area contributed by atoms with Crippen molar-refractivity contribution in [1.29, 1.82) is 0 Å². The molecule has 1 saturated heterocycles. The number of benzene rings is 1. The molecule has 1 heterocycles. The first-order chi connectivity index (χ1) is 9.60. The average molecular weight is 286 g/mol. The van der Waals surface area contributed by atoms with Crippen molar-refractivity contribution in [1.82, 2.24) is 5.32 Å². The lowest BCUT2D eigenvalue weighted by Gasteiger charge is -2.14. The van der Waals surface area contributed by atoms with E-state index in [0.29, 0.717) is 5.69 Å². The van der Waals surface area contributed by atoms with Crippen LogP contribution in [0.1, 0.15) is 12.8 Å².